The fourth-order valence-corrected chi connectivity index (χ4v) is 2.97. The Bertz CT molecular complexity index is 739. The molecule has 0 radical (unpaired) electrons. The van der Waals surface area contributed by atoms with Crippen LogP contribution in [0.4, 0.5) is 4.79 Å². The number of hydrogen-bond acceptors (Lipinski definition) is 6. The van der Waals surface area contributed by atoms with E-state index in [4.69, 9.17) is 14.2 Å². The van der Waals surface area contributed by atoms with E-state index in [1.54, 1.807) is 52.9 Å². The zero-order chi connectivity index (χ0) is 22.4. The van der Waals surface area contributed by atoms with Gasteiger partial charge in [-0.05, 0) is 49.9 Å². The number of benzene rings is 1. The molecule has 0 aromatic heterocycles. The lowest BCUT2D eigenvalue weighted by Crippen LogP contribution is -2.34. The number of methoxy groups -OCH3 is 2. The van der Waals surface area contributed by atoms with Crippen molar-refractivity contribution in [1.29, 1.82) is 0 Å². The highest BCUT2D eigenvalue weighted by molar-refractivity contribution is 5.80. The minimum absolute atomic E-state index is 0.201. The van der Waals surface area contributed by atoms with Crippen LogP contribution in [0.1, 0.15) is 51.2 Å². The summed E-state index contributed by atoms with van der Waals surface area (Å²) in [7, 11) is 4.37. The third-order valence-electron chi connectivity index (χ3n) is 4.46. The number of carbonyl (C=O) groups is 3. The lowest BCUT2D eigenvalue weighted by Gasteiger charge is -2.27. The number of amides is 1. The van der Waals surface area contributed by atoms with Gasteiger partial charge in [-0.25, -0.2) is 4.79 Å². The van der Waals surface area contributed by atoms with E-state index in [1.165, 1.54) is 19.1 Å². The van der Waals surface area contributed by atoms with Gasteiger partial charge in [0, 0.05) is 13.6 Å². The Morgan fingerprint density at radius 1 is 1.17 bits per heavy atom. The van der Waals surface area contributed by atoms with Crippen molar-refractivity contribution in [2.24, 2.45) is 5.92 Å². The van der Waals surface area contributed by atoms with Crippen LogP contribution in [-0.2, 0) is 25.6 Å². The van der Waals surface area contributed by atoms with Gasteiger partial charge in [0.15, 0.2) is 0 Å². The molecule has 1 amide bonds. The molecule has 2 unspecified atom stereocenters. The summed E-state index contributed by atoms with van der Waals surface area (Å²) in [5.41, 5.74) is 0.829. The molecule has 2 atom stereocenters. The van der Waals surface area contributed by atoms with Crippen molar-refractivity contribution in [3.05, 3.63) is 29.3 Å². The monoisotopic (exact) mass is 409 g/mol. The van der Waals surface area contributed by atoms with Gasteiger partial charge in [0.2, 0.25) is 0 Å². The van der Waals surface area contributed by atoms with E-state index in [9.17, 15) is 19.5 Å². The smallest absolute Gasteiger partial charge is 0.410 e. The van der Waals surface area contributed by atoms with Crippen molar-refractivity contribution in [2.75, 3.05) is 21.3 Å². The lowest BCUT2D eigenvalue weighted by molar-refractivity contribution is -0.151. The first kappa shape index (κ1) is 24.3. The van der Waals surface area contributed by atoms with Crippen molar-refractivity contribution in [3.8, 4) is 5.75 Å². The predicted octanol–water partition coefficient (Wildman–Crippen LogP) is 3.43. The van der Waals surface area contributed by atoms with Gasteiger partial charge in [-0.1, -0.05) is 13.0 Å². The maximum atomic E-state index is 12.4. The number of nitrogens with zero attached hydrogens (tertiary/aromatic N) is 1. The minimum Gasteiger partial charge on any atom is -0.497 e. The molecule has 1 N–H and O–H groups in total. The summed E-state index contributed by atoms with van der Waals surface area (Å²) in [6.07, 6.45) is -0.852. The molecule has 0 spiro atoms. The van der Waals surface area contributed by atoms with Crippen LogP contribution in [0.2, 0.25) is 0 Å². The largest absolute Gasteiger partial charge is 0.497 e. The predicted molar refractivity (Wildman–Crippen MR) is 107 cm³/mol. The molecule has 0 saturated heterocycles. The SMILES string of the molecule is COC(=O)C(CC(=O)O)C(C)c1ccc(OC)cc1CN(C)C(=O)OC(C)(C)C. The zero-order valence-electron chi connectivity index (χ0n) is 18.1. The molecular formula is C21H31NO7. The highest BCUT2D eigenvalue weighted by Crippen LogP contribution is 2.33. The van der Waals surface area contributed by atoms with Gasteiger partial charge in [0.25, 0.3) is 0 Å². The second-order valence-electron chi connectivity index (χ2n) is 7.92. The zero-order valence-corrected chi connectivity index (χ0v) is 18.1. The van der Waals surface area contributed by atoms with E-state index in [1.807, 2.05) is 0 Å². The molecule has 8 heteroatoms. The number of hydrogen-bond donors (Lipinski definition) is 1. The molecule has 29 heavy (non-hydrogen) atoms. The van der Waals surface area contributed by atoms with Gasteiger partial charge in [0.1, 0.15) is 11.4 Å². The average Bonchev–Trinajstić information content (AvgIpc) is 2.63. The topological polar surface area (TPSA) is 102 Å². The highest BCUT2D eigenvalue weighted by atomic mass is 16.6. The first-order valence-electron chi connectivity index (χ1n) is 9.30. The Morgan fingerprint density at radius 2 is 1.79 bits per heavy atom. The number of carboxylic acids is 1. The molecule has 0 fully saturated rings. The first-order chi connectivity index (χ1) is 13.4. The minimum atomic E-state index is -1.09. The third-order valence-corrected chi connectivity index (χ3v) is 4.46. The van der Waals surface area contributed by atoms with Gasteiger partial charge >= 0.3 is 18.0 Å². The number of ether oxygens (including phenoxy) is 3. The quantitative estimate of drug-likeness (QED) is 0.656. The van der Waals surface area contributed by atoms with E-state index in [-0.39, 0.29) is 13.0 Å². The van der Waals surface area contributed by atoms with Crippen molar-refractivity contribution in [2.45, 2.75) is 52.2 Å². The molecule has 1 rings (SSSR count). The van der Waals surface area contributed by atoms with Gasteiger partial charge in [-0.15, -0.1) is 0 Å². The summed E-state index contributed by atoms with van der Waals surface area (Å²) in [4.78, 5) is 37.2. The number of aliphatic carboxylic acids is 1. The van der Waals surface area contributed by atoms with E-state index in [0.717, 1.165) is 11.1 Å². The second-order valence-corrected chi connectivity index (χ2v) is 7.92. The van der Waals surface area contributed by atoms with Crippen molar-refractivity contribution in [1.82, 2.24) is 4.90 Å². The van der Waals surface area contributed by atoms with Gasteiger partial charge < -0.3 is 24.2 Å². The Labute approximate surface area is 171 Å². The third kappa shape index (κ3) is 7.29. The molecule has 0 aliphatic heterocycles. The average molecular weight is 409 g/mol. The fraction of sp³-hybridized carbons (Fsp3) is 0.571. The van der Waals surface area contributed by atoms with E-state index in [2.05, 4.69) is 0 Å². The van der Waals surface area contributed by atoms with E-state index in [0.29, 0.717) is 5.75 Å². The van der Waals surface area contributed by atoms with Crippen LogP contribution in [0.3, 0.4) is 0 Å². The molecule has 1 aromatic carbocycles. The maximum Gasteiger partial charge on any atom is 0.410 e. The molecule has 0 bridgehead atoms. The van der Waals surface area contributed by atoms with Crippen LogP contribution in [0.25, 0.3) is 0 Å². The molecule has 0 aliphatic rings. The number of esters is 1. The Morgan fingerprint density at radius 3 is 2.28 bits per heavy atom. The van der Waals surface area contributed by atoms with Crippen LogP contribution in [0.15, 0.2) is 18.2 Å². The Kier molecular flexibility index (Phi) is 8.48. The molecule has 0 heterocycles. The van der Waals surface area contributed by atoms with Gasteiger partial charge in [0.05, 0.1) is 26.6 Å². The molecule has 0 saturated carbocycles. The van der Waals surface area contributed by atoms with Crippen LogP contribution < -0.4 is 4.74 Å². The number of rotatable bonds is 8. The summed E-state index contributed by atoms with van der Waals surface area (Å²) in [5.74, 6) is -2.42. The molecule has 8 nitrogen and oxygen atoms in total. The van der Waals surface area contributed by atoms with E-state index >= 15 is 0 Å². The summed E-state index contributed by atoms with van der Waals surface area (Å²) in [5, 5.41) is 9.20. The van der Waals surface area contributed by atoms with Crippen molar-refractivity contribution in [3.63, 3.8) is 0 Å². The van der Waals surface area contributed by atoms with Crippen LogP contribution in [0.5, 0.6) is 5.75 Å². The summed E-state index contributed by atoms with van der Waals surface area (Å²) >= 11 is 0. The molecule has 0 aliphatic carbocycles. The summed E-state index contributed by atoms with van der Waals surface area (Å²) in [6, 6.07) is 5.28. The maximum absolute atomic E-state index is 12.4. The molecule has 1 aromatic rings. The Balaban J connectivity index is 3.25. The standard InChI is InChI=1S/C21H31NO7/c1-13(17(11-18(23)24)19(25)28-7)16-9-8-15(27-6)10-14(16)12-22(5)20(26)29-21(2,3)4/h8-10,13,17H,11-12H2,1-7H3,(H,23,24). The summed E-state index contributed by atoms with van der Waals surface area (Å²) in [6.45, 7) is 7.32. The van der Waals surface area contributed by atoms with Crippen molar-refractivity contribution >= 4 is 18.0 Å². The number of carboxylic acid groups (broad SMARTS) is 1. The van der Waals surface area contributed by atoms with Gasteiger partial charge in [-0.2, -0.15) is 0 Å². The second kappa shape index (κ2) is 10.1. The van der Waals surface area contributed by atoms with Crippen LogP contribution in [0, 0.1) is 5.92 Å². The number of carbonyl (C=O) groups excluding carboxylic acids is 2. The normalized spacial score (nSPS) is 13.2. The lowest BCUT2D eigenvalue weighted by atomic mass is 9.83. The molecular weight excluding hydrogens is 378 g/mol. The summed E-state index contributed by atoms with van der Waals surface area (Å²) < 4.78 is 15.5. The van der Waals surface area contributed by atoms with Crippen LogP contribution >= 0.6 is 0 Å². The highest BCUT2D eigenvalue weighted by Gasteiger charge is 2.31. The first-order valence-corrected chi connectivity index (χ1v) is 9.30. The van der Waals surface area contributed by atoms with Crippen LogP contribution in [-0.4, -0.2) is 54.9 Å². The fourth-order valence-electron chi connectivity index (χ4n) is 2.97. The Hall–Kier alpha value is -2.77. The molecule has 162 valence electrons. The van der Waals surface area contributed by atoms with Gasteiger partial charge in [-0.3, -0.25) is 9.59 Å². The van der Waals surface area contributed by atoms with E-state index < -0.39 is 35.5 Å². The van der Waals surface area contributed by atoms with Crippen molar-refractivity contribution < 1.29 is 33.7 Å².